The highest BCUT2D eigenvalue weighted by Crippen LogP contribution is 2.36. The second-order valence-electron chi connectivity index (χ2n) is 7.56. The maximum atomic E-state index is 13.0. The standard InChI is InChI=1S/C24H19Cl3N2O2S/c1-13-9-17(15(3)29(13)21-6-4-5-18(25)14(21)2)11-22-23(30)28(24(31)32-22)12-16-7-8-19(26)20(27)10-16/h4-11H,12H2,1-3H3/b22-11-. The number of hydrogen-bond donors (Lipinski definition) is 0. The van der Waals surface area contributed by atoms with Crippen molar-refractivity contribution in [1.29, 1.82) is 0 Å². The number of nitrogens with zero attached hydrogens (tertiary/aromatic N) is 2. The Hall–Kier alpha value is -2.18. The van der Waals surface area contributed by atoms with Gasteiger partial charge in [0.2, 0.25) is 0 Å². The number of imide groups is 1. The van der Waals surface area contributed by atoms with Crippen LogP contribution in [0.3, 0.4) is 0 Å². The molecule has 164 valence electrons. The molecule has 1 fully saturated rings. The molecule has 3 aromatic rings. The fourth-order valence-electron chi connectivity index (χ4n) is 3.74. The summed E-state index contributed by atoms with van der Waals surface area (Å²) in [5.74, 6) is -0.324. The highest BCUT2D eigenvalue weighted by atomic mass is 35.5. The smallest absolute Gasteiger partial charge is 0.293 e. The molecule has 0 saturated carbocycles. The summed E-state index contributed by atoms with van der Waals surface area (Å²) in [6.45, 7) is 6.10. The molecule has 2 heterocycles. The number of benzene rings is 2. The van der Waals surface area contributed by atoms with Crippen LogP contribution < -0.4 is 0 Å². The molecule has 0 atom stereocenters. The number of thioether (sulfide) groups is 1. The fourth-order valence-corrected chi connectivity index (χ4v) is 5.06. The number of carbonyl (C=O) groups is 2. The third-order valence-electron chi connectivity index (χ3n) is 5.44. The van der Waals surface area contributed by atoms with Crippen molar-refractivity contribution in [2.24, 2.45) is 0 Å². The summed E-state index contributed by atoms with van der Waals surface area (Å²) in [5.41, 5.74) is 5.54. The first-order chi connectivity index (χ1) is 15.2. The molecule has 0 spiro atoms. The van der Waals surface area contributed by atoms with Crippen LogP contribution in [0.25, 0.3) is 11.8 Å². The summed E-state index contributed by atoms with van der Waals surface area (Å²) < 4.78 is 2.10. The maximum Gasteiger partial charge on any atom is 0.293 e. The van der Waals surface area contributed by atoms with E-state index < -0.39 is 0 Å². The first kappa shape index (κ1) is 23.0. The van der Waals surface area contributed by atoms with Crippen molar-refractivity contribution >= 4 is 63.8 Å². The molecule has 2 aromatic carbocycles. The normalized spacial score (nSPS) is 15.3. The molecule has 1 saturated heterocycles. The molecule has 0 radical (unpaired) electrons. The predicted octanol–water partition coefficient (Wildman–Crippen LogP) is 7.60. The summed E-state index contributed by atoms with van der Waals surface area (Å²) in [5, 5.41) is 1.19. The molecule has 1 aliphatic rings. The molecule has 32 heavy (non-hydrogen) atoms. The third-order valence-corrected chi connectivity index (χ3v) is 7.49. The van der Waals surface area contributed by atoms with E-state index in [1.54, 1.807) is 24.3 Å². The summed E-state index contributed by atoms with van der Waals surface area (Å²) in [6.07, 6.45) is 1.78. The van der Waals surface area contributed by atoms with Gasteiger partial charge in [-0.05, 0) is 85.6 Å². The van der Waals surface area contributed by atoms with E-state index in [2.05, 4.69) is 4.57 Å². The zero-order chi connectivity index (χ0) is 23.2. The van der Waals surface area contributed by atoms with E-state index >= 15 is 0 Å². The minimum atomic E-state index is -0.324. The van der Waals surface area contributed by atoms with Crippen molar-refractivity contribution in [2.75, 3.05) is 0 Å². The highest BCUT2D eigenvalue weighted by Gasteiger charge is 2.35. The average Bonchev–Trinajstić information content (AvgIpc) is 3.16. The molecule has 0 N–H and O–H groups in total. The summed E-state index contributed by atoms with van der Waals surface area (Å²) in [6, 6.07) is 12.9. The summed E-state index contributed by atoms with van der Waals surface area (Å²) >= 11 is 19.3. The number of carbonyl (C=O) groups excluding carboxylic acids is 2. The first-order valence-corrected chi connectivity index (χ1v) is 11.8. The Morgan fingerprint density at radius 1 is 0.938 bits per heavy atom. The van der Waals surface area contributed by atoms with Gasteiger partial charge in [-0.25, -0.2) is 0 Å². The zero-order valence-electron chi connectivity index (χ0n) is 17.6. The quantitative estimate of drug-likeness (QED) is 0.343. The molecule has 0 unspecified atom stereocenters. The van der Waals surface area contributed by atoms with Crippen LogP contribution in [0.4, 0.5) is 4.79 Å². The Labute approximate surface area is 205 Å². The van der Waals surface area contributed by atoms with Gasteiger partial charge in [0.25, 0.3) is 11.1 Å². The van der Waals surface area contributed by atoms with Crippen molar-refractivity contribution in [3.05, 3.63) is 90.5 Å². The number of rotatable bonds is 4. The second-order valence-corrected chi connectivity index (χ2v) is 9.78. The van der Waals surface area contributed by atoms with Crippen LogP contribution in [0.1, 0.15) is 28.1 Å². The number of halogens is 3. The fraction of sp³-hybridized carbons (Fsp3) is 0.167. The van der Waals surface area contributed by atoms with Crippen LogP contribution in [0.5, 0.6) is 0 Å². The van der Waals surface area contributed by atoms with E-state index in [0.29, 0.717) is 20.0 Å². The molecule has 4 rings (SSSR count). The lowest BCUT2D eigenvalue weighted by molar-refractivity contribution is -0.123. The van der Waals surface area contributed by atoms with Gasteiger partial charge >= 0.3 is 0 Å². The van der Waals surface area contributed by atoms with Gasteiger partial charge in [0.15, 0.2) is 0 Å². The molecule has 0 bridgehead atoms. The van der Waals surface area contributed by atoms with Gasteiger partial charge in [0.05, 0.1) is 21.5 Å². The van der Waals surface area contributed by atoms with Crippen molar-refractivity contribution in [2.45, 2.75) is 27.3 Å². The van der Waals surface area contributed by atoms with Crippen molar-refractivity contribution in [3.8, 4) is 5.69 Å². The van der Waals surface area contributed by atoms with Crippen molar-refractivity contribution < 1.29 is 9.59 Å². The lowest BCUT2D eigenvalue weighted by atomic mass is 10.2. The maximum absolute atomic E-state index is 13.0. The Morgan fingerprint density at radius 3 is 2.41 bits per heavy atom. The van der Waals surface area contributed by atoms with Gasteiger partial charge in [-0.2, -0.15) is 0 Å². The largest absolute Gasteiger partial charge is 0.318 e. The topological polar surface area (TPSA) is 42.3 Å². The first-order valence-electron chi connectivity index (χ1n) is 9.81. The summed E-state index contributed by atoms with van der Waals surface area (Å²) in [7, 11) is 0. The Kier molecular flexibility index (Phi) is 6.46. The number of hydrogen-bond acceptors (Lipinski definition) is 3. The molecular formula is C24H19Cl3N2O2S. The minimum Gasteiger partial charge on any atom is -0.318 e. The van der Waals surface area contributed by atoms with E-state index in [9.17, 15) is 9.59 Å². The van der Waals surface area contributed by atoms with Crippen LogP contribution in [0.2, 0.25) is 15.1 Å². The van der Waals surface area contributed by atoms with Crippen LogP contribution in [-0.2, 0) is 11.3 Å². The SMILES string of the molecule is Cc1c(Cl)cccc1-n1c(C)cc(/C=C2\SC(=O)N(Cc3ccc(Cl)c(Cl)c3)C2=O)c1C. The Morgan fingerprint density at radius 2 is 1.69 bits per heavy atom. The van der Waals surface area contributed by atoms with E-state index in [-0.39, 0.29) is 17.7 Å². The molecule has 1 aliphatic heterocycles. The van der Waals surface area contributed by atoms with Gasteiger partial charge in [0.1, 0.15) is 0 Å². The molecule has 4 nitrogen and oxygen atoms in total. The predicted molar refractivity (Wildman–Crippen MR) is 133 cm³/mol. The molecule has 2 amide bonds. The van der Waals surface area contributed by atoms with E-state index in [1.807, 2.05) is 45.0 Å². The number of amides is 2. The highest BCUT2D eigenvalue weighted by molar-refractivity contribution is 8.18. The second kappa shape index (κ2) is 8.99. The van der Waals surface area contributed by atoms with Gasteiger partial charge < -0.3 is 4.57 Å². The van der Waals surface area contributed by atoms with Gasteiger partial charge in [0, 0.05) is 22.1 Å². The van der Waals surface area contributed by atoms with Crippen LogP contribution >= 0.6 is 46.6 Å². The Balaban J connectivity index is 1.65. The molecule has 8 heteroatoms. The van der Waals surface area contributed by atoms with Crippen LogP contribution in [0.15, 0.2) is 47.4 Å². The minimum absolute atomic E-state index is 0.139. The van der Waals surface area contributed by atoms with Crippen molar-refractivity contribution in [3.63, 3.8) is 0 Å². The lowest BCUT2D eigenvalue weighted by Crippen LogP contribution is -2.27. The van der Waals surface area contributed by atoms with Crippen LogP contribution in [0, 0.1) is 20.8 Å². The van der Waals surface area contributed by atoms with Crippen molar-refractivity contribution in [1.82, 2.24) is 9.47 Å². The number of aromatic nitrogens is 1. The zero-order valence-corrected chi connectivity index (χ0v) is 20.7. The average molecular weight is 506 g/mol. The monoisotopic (exact) mass is 504 g/mol. The van der Waals surface area contributed by atoms with Crippen LogP contribution in [-0.4, -0.2) is 20.6 Å². The van der Waals surface area contributed by atoms with Gasteiger partial charge in [-0.15, -0.1) is 0 Å². The molecule has 1 aromatic heterocycles. The van der Waals surface area contributed by atoms with Gasteiger partial charge in [-0.3, -0.25) is 14.5 Å². The Bertz CT molecular complexity index is 1300. The van der Waals surface area contributed by atoms with E-state index in [0.717, 1.165) is 45.5 Å². The molecule has 0 aliphatic carbocycles. The van der Waals surface area contributed by atoms with E-state index in [4.69, 9.17) is 34.8 Å². The van der Waals surface area contributed by atoms with Gasteiger partial charge in [-0.1, -0.05) is 46.9 Å². The number of aryl methyl sites for hydroxylation is 1. The lowest BCUT2D eigenvalue weighted by Gasteiger charge is -2.14. The third kappa shape index (κ3) is 4.23. The molecular weight excluding hydrogens is 487 g/mol. The summed E-state index contributed by atoms with van der Waals surface area (Å²) in [4.78, 5) is 27.1. The van der Waals surface area contributed by atoms with E-state index in [1.165, 1.54) is 4.90 Å².